The van der Waals surface area contributed by atoms with Gasteiger partial charge < -0.3 is 36.9 Å². The summed E-state index contributed by atoms with van der Waals surface area (Å²) in [6, 6.07) is 22.5. The van der Waals surface area contributed by atoms with Crippen LogP contribution >= 0.6 is 23.2 Å². The molecule has 2 amide bonds. The summed E-state index contributed by atoms with van der Waals surface area (Å²) in [4.78, 5) is 72.2. The lowest BCUT2D eigenvalue weighted by Gasteiger charge is -2.32. The van der Waals surface area contributed by atoms with Gasteiger partial charge in [-0.05, 0) is 90.5 Å². The van der Waals surface area contributed by atoms with Gasteiger partial charge in [-0.2, -0.15) is 5.26 Å². The average Bonchev–Trinajstić information content (AvgIpc) is 3.28. The van der Waals surface area contributed by atoms with Gasteiger partial charge in [0.15, 0.2) is 17.3 Å². The van der Waals surface area contributed by atoms with Crippen LogP contribution in [-0.4, -0.2) is 80.0 Å². The van der Waals surface area contributed by atoms with Crippen LogP contribution in [0, 0.1) is 23.2 Å². The van der Waals surface area contributed by atoms with Crippen molar-refractivity contribution in [1.82, 2.24) is 10.2 Å². The summed E-state index contributed by atoms with van der Waals surface area (Å²) in [6.07, 6.45) is 1.08. The second-order valence-corrected chi connectivity index (χ2v) is 16.9. The number of hydrogen-bond donors (Lipinski definition) is 4. The number of rotatable bonds is 19. The Labute approximate surface area is 384 Å². The summed E-state index contributed by atoms with van der Waals surface area (Å²) in [6.45, 7) is 2.76. The van der Waals surface area contributed by atoms with Crippen molar-refractivity contribution in [2.75, 3.05) is 39.9 Å². The van der Waals surface area contributed by atoms with Crippen LogP contribution in [-0.2, 0) is 25.6 Å². The van der Waals surface area contributed by atoms with Crippen molar-refractivity contribution >= 4 is 52.4 Å². The molecule has 0 saturated carbocycles. The zero-order valence-corrected chi connectivity index (χ0v) is 37.8. The van der Waals surface area contributed by atoms with Crippen LogP contribution in [0.5, 0.6) is 11.5 Å². The number of Topliss-reactive ketones (excluding diaryl/α,β-unsaturated/α-hetero) is 3. The summed E-state index contributed by atoms with van der Waals surface area (Å²) >= 11 is 12.5. The summed E-state index contributed by atoms with van der Waals surface area (Å²) in [7, 11) is 1.53. The highest BCUT2D eigenvalue weighted by Crippen LogP contribution is 2.41. The van der Waals surface area contributed by atoms with E-state index in [4.69, 9.17) is 49.9 Å². The number of fused-ring (bicyclic) bond motifs is 5. The van der Waals surface area contributed by atoms with Crippen molar-refractivity contribution in [2.45, 2.75) is 70.4 Å². The van der Waals surface area contributed by atoms with E-state index in [0.717, 1.165) is 11.1 Å². The van der Waals surface area contributed by atoms with Gasteiger partial charge in [0.25, 0.3) is 0 Å². The maximum Gasteiger partial charge on any atom is 0.226 e. The van der Waals surface area contributed by atoms with Gasteiger partial charge in [0.1, 0.15) is 30.8 Å². The molecule has 4 aromatic rings. The number of ketones is 3. The van der Waals surface area contributed by atoms with Gasteiger partial charge in [0.2, 0.25) is 11.8 Å². The lowest BCUT2D eigenvalue weighted by atomic mass is 9.87. The van der Waals surface area contributed by atoms with Gasteiger partial charge in [-0.25, -0.2) is 0 Å². The maximum absolute atomic E-state index is 14.9. The molecule has 4 atom stereocenters. The van der Waals surface area contributed by atoms with Crippen molar-refractivity contribution in [3.8, 4) is 39.8 Å². The third kappa shape index (κ3) is 13.0. The Balaban J connectivity index is 1.58. The van der Waals surface area contributed by atoms with Crippen LogP contribution in [0.4, 0.5) is 0 Å². The minimum Gasteiger partial charge on any atom is -0.492 e. The van der Waals surface area contributed by atoms with Gasteiger partial charge in [0, 0.05) is 84.4 Å². The number of unbranched alkanes of at least 4 members (excludes halogenated alkanes) is 1. The molecule has 0 unspecified atom stereocenters. The summed E-state index contributed by atoms with van der Waals surface area (Å²) in [5.41, 5.74) is 21.7. The minimum atomic E-state index is -1.21. The Morgan fingerprint density at radius 3 is 2.09 bits per heavy atom. The molecule has 0 aliphatic carbocycles. The molecule has 1 aliphatic heterocycles. The van der Waals surface area contributed by atoms with Gasteiger partial charge in [-0.15, -0.1) is 0 Å². The standard InChI is InChI=1S/C49H56Cl2N6O7/c1-30-22-44(60)47(57(2)49(62)35(6-3-4-16-52)28-43(59)33-11-9-32(10-12-33)36-25-37(50)29-38(51)26-36)34-13-15-46(64-21-19-55)40(27-34)39-23-31(8-14-45(39)63-20-18-54)24-41(56-48(30)61)42(58)7-5-17-53/h8-15,23,25-27,29-30,35,41,47H,3-7,16,18-22,24,28,52,54-55H2,1-2H3,(H,56,61)/t30-,35-,41+,47+/m1/s1. The van der Waals surface area contributed by atoms with Crippen LogP contribution in [0.15, 0.2) is 78.9 Å². The van der Waals surface area contributed by atoms with Crippen molar-refractivity contribution in [3.05, 3.63) is 106 Å². The van der Waals surface area contributed by atoms with Crippen LogP contribution in [0.1, 0.15) is 79.4 Å². The van der Waals surface area contributed by atoms with Gasteiger partial charge >= 0.3 is 0 Å². The molecule has 338 valence electrons. The Hall–Kier alpha value is -5.62. The Morgan fingerprint density at radius 1 is 0.828 bits per heavy atom. The van der Waals surface area contributed by atoms with E-state index < -0.39 is 41.5 Å². The van der Waals surface area contributed by atoms with E-state index in [1.54, 1.807) is 79.7 Å². The van der Waals surface area contributed by atoms with E-state index in [1.165, 1.54) is 11.9 Å². The molecule has 1 aliphatic rings. The molecule has 0 radical (unpaired) electrons. The van der Waals surface area contributed by atoms with Crippen LogP contribution < -0.4 is 32.0 Å². The highest BCUT2D eigenvalue weighted by atomic mass is 35.5. The van der Waals surface area contributed by atoms with Gasteiger partial charge in [0.05, 0.1) is 12.1 Å². The number of benzene rings is 4. The number of nitriles is 1. The minimum absolute atomic E-state index is 0.0299. The highest BCUT2D eigenvalue weighted by Gasteiger charge is 2.36. The molecule has 15 heteroatoms. The Kier molecular flexibility index (Phi) is 18.4. The molecular weight excluding hydrogens is 855 g/mol. The second kappa shape index (κ2) is 23.9. The molecular formula is C49H56Cl2N6O7. The number of likely N-dealkylation sites (N-methyl/N-ethyl adjacent to an activating group) is 1. The third-order valence-electron chi connectivity index (χ3n) is 11.2. The SMILES string of the molecule is C[C@@H]1CC(=O)[C@@H](N(C)C(=O)[C@H](CCCCN)CC(=O)c2ccc(-c3cc(Cl)cc(Cl)c3)cc2)c2ccc(OCCN)c(c2)-c2cc(ccc2OCCN)C[C@@H](C(=O)CCC#N)NC1=O. The third-order valence-corrected chi connectivity index (χ3v) is 11.7. The number of nitrogens with zero attached hydrogens (tertiary/aromatic N) is 2. The first kappa shape index (κ1) is 49.4. The normalized spacial score (nSPS) is 16.8. The summed E-state index contributed by atoms with van der Waals surface area (Å²) in [5.74, 6) is -2.87. The first-order chi connectivity index (χ1) is 30.8. The quantitative estimate of drug-likeness (QED) is 0.0553. The number of halogens is 2. The summed E-state index contributed by atoms with van der Waals surface area (Å²) in [5, 5.41) is 13.0. The van der Waals surface area contributed by atoms with Crippen molar-refractivity contribution in [3.63, 3.8) is 0 Å². The molecule has 0 saturated heterocycles. The van der Waals surface area contributed by atoms with Crippen molar-refractivity contribution in [2.24, 2.45) is 29.0 Å². The molecule has 4 bridgehead atoms. The molecule has 1 heterocycles. The number of nitrogens with two attached hydrogens (primary N) is 3. The van der Waals surface area contributed by atoms with E-state index in [0.29, 0.717) is 75.2 Å². The topological polar surface area (TPSA) is 221 Å². The van der Waals surface area contributed by atoms with Crippen molar-refractivity contribution in [1.29, 1.82) is 5.26 Å². The molecule has 5 rings (SSSR count). The van der Waals surface area contributed by atoms with Crippen molar-refractivity contribution < 1.29 is 33.4 Å². The maximum atomic E-state index is 14.9. The number of ether oxygens (including phenoxy) is 2. The van der Waals surface area contributed by atoms with Crippen LogP contribution in [0.2, 0.25) is 10.0 Å². The molecule has 7 N–H and O–H groups in total. The van der Waals surface area contributed by atoms with Crippen LogP contribution in [0.25, 0.3) is 22.3 Å². The number of hydrogen-bond acceptors (Lipinski definition) is 11. The van der Waals surface area contributed by atoms with Gasteiger partial charge in [-0.1, -0.05) is 72.9 Å². The molecule has 0 aromatic heterocycles. The van der Waals surface area contributed by atoms with E-state index in [2.05, 4.69) is 5.32 Å². The highest BCUT2D eigenvalue weighted by molar-refractivity contribution is 6.35. The van der Waals surface area contributed by atoms with Crippen LogP contribution in [0.3, 0.4) is 0 Å². The summed E-state index contributed by atoms with van der Waals surface area (Å²) < 4.78 is 12.3. The van der Waals surface area contributed by atoms with Gasteiger partial charge in [-0.3, -0.25) is 24.0 Å². The molecule has 0 fully saturated rings. The number of amides is 2. The molecule has 64 heavy (non-hydrogen) atoms. The van der Waals surface area contributed by atoms with E-state index >= 15 is 0 Å². The first-order valence-corrected chi connectivity index (χ1v) is 22.3. The predicted molar refractivity (Wildman–Crippen MR) is 248 cm³/mol. The predicted octanol–water partition coefficient (Wildman–Crippen LogP) is 7.03. The number of carbonyl (C=O) groups excluding carboxylic acids is 5. The monoisotopic (exact) mass is 910 g/mol. The molecule has 4 aromatic carbocycles. The lowest BCUT2D eigenvalue weighted by molar-refractivity contribution is -0.142. The van der Waals surface area contributed by atoms with E-state index in [1.807, 2.05) is 12.1 Å². The fraction of sp³-hybridized carbons (Fsp3) is 0.388. The van der Waals surface area contributed by atoms with E-state index in [-0.39, 0.29) is 70.0 Å². The smallest absolute Gasteiger partial charge is 0.226 e. The van der Waals surface area contributed by atoms with E-state index in [9.17, 15) is 29.2 Å². The Bertz CT molecular complexity index is 2330. The first-order valence-electron chi connectivity index (χ1n) is 21.5. The molecule has 0 spiro atoms. The molecule has 13 nitrogen and oxygen atoms in total. The fourth-order valence-corrected chi connectivity index (χ4v) is 8.41. The number of carbonyl (C=O) groups is 5. The number of nitrogens with one attached hydrogen (secondary N) is 1. The average molecular weight is 912 g/mol. The largest absolute Gasteiger partial charge is 0.492 e. The zero-order valence-electron chi connectivity index (χ0n) is 36.2. The Morgan fingerprint density at radius 2 is 1.47 bits per heavy atom. The fourth-order valence-electron chi connectivity index (χ4n) is 7.89. The second-order valence-electron chi connectivity index (χ2n) is 16.0. The lowest BCUT2D eigenvalue weighted by Crippen LogP contribution is -2.45. The zero-order chi connectivity index (χ0) is 46.3.